The van der Waals surface area contributed by atoms with Crippen LogP contribution in [0.15, 0.2) is 42.5 Å². The molecule has 0 spiro atoms. The van der Waals surface area contributed by atoms with E-state index in [0.29, 0.717) is 6.04 Å². The van der Waals surface area contributed by atoms with E-state index >= 15 is 0 Å². The Morgan fingerprint density at radius 1 is 0.955 bits per heavy atom. The summed E-state index contributed by atoms with van der Waals surface area (Å²) < 4.78 is 11.0. The molecule has 3 heteroatoms. The molecule has 1 aliphatic carbocycles. The van der Waals surface area contributed by atoms with Gasteiger partial charge in [0.05, 0.1) is 14.2 Å². The highest BCUT2D eigenvalue weighted by molar-refractivity contribution is 5.50. The van der Waals surface area contributed by atoms with Crippen molar-refractivity contribution in [3.63, 3.8) is 0 Å². The number of ether oxygens (including phenoxy) is 2. The highest BCUT2D eigenvalue weighted by Gasteiger charge is 2.24. The average molecular weight is 297 g/mol. The molecule has 1 N–H and O–H groups in total. The standard InChI is InChI=1S/C19H23NO2/c1-21-18-10-11-19(22-2)17-12-15(8-9-16(17)18)20-13-14-6-4-3-5-7-14/h3-7,10-11,15,20H,8-9,12-13H2,1-2H3. The summed E-state index contributed by atoms with van der Waals surface area (Å²) in [7, 11) is 3.48. The molecule has 116 valence electrons. The monoisotopic (exact) mass is 297 g/mol. The maximum atomic E-state index is 5.54. The van der Waals surface area contributed by atoms with E-state index in [9.17, 15) is 0 Å². The van der Waals surface area contributed by atoms with Gasteiger partial charge < -0.3 is 14.8 Å². The fourth-order valence-electron chi connectivity index (χ4n) is 3.23. The molecule has 0 amide bonds. The van der Waals surface area contributed by atoms with Crippen molar-refractivity contribution in [2.45, 2.75) is 31.8 Å². The van der Waals surface area contributed by atoms with Gasteiger partial charge in [0, 0.05) is 23.7 Å². The third-order valence-corrected chi connectivity index (χ3v) is 4.42. The predicted octanol–water partition coefficient (Wildman–Crippen LogP) is 3.35. The van der Waals surface area contributed by atoms with E-state index in [0.717, 1.165) is 37.3 Å². The Bertz CT molecular complexity index is 625. The fraction of sp³-hybridized carbons (Fsp3) is 0.368. The van der Waals surface area contributed by atoms with Crippen LogP contribution in [0.5, 0.6) is 11.5 Å². The van der Waals surface area contributed by atoms with Crippen LogP contribution in [0, 0.1) is 0 Å². The molecule has 0 bridgehead atoms. The van der Waals surface area contributed by atoms with Gasteiger partial charge in [-0.2, -0.15) is 0 Å². The van der Waals surface area contributed by atoms with Gasteiger partial charge in [0.25, 0.3) is 0 Å². The molecular formula is C19H23NO2. The van der Waals surface area contributed by atoms with Gasteiger partial charge in [0.2, 0.25) is 0 Å². The summed E-state index contributed by atoms with van der Waals surface area (Å²) in [4.78, 5) is 0. The Labute approximate surface area is 132 Å². The minimum Gasteiger partial charge on any atom is -0.496 e. The first-order valence-electron chi connectivity index (χ1n) is 7.82. The number of methoxy groups -OCH3 is 2. The Morgan fingerprint density at radius 2 is 1.64 bits per heavy atom. The van der Waals surface area contributed by atoms with E-state index in [1.54, 1.807) is 14.2 Å². The van der Waals surface area contributed by atoms with E-state index in [1.165, 1.54) is 16.7 Å². The summed E-state index contributed by atoms with van der Waals surface area (Å²) in [5, 5.41) is 3.67. The molecule has 22 heavy (non-hydrogen) atoms. The van der Waals surface area contributed by atoms with Crippen LogP contribution in [0.4, 0.5) is 0 Å². The molecule has 3 rings (SSSR count). The van der Waals surface area contributed by atoms with Crippen molar-refractivity contribution < 1.29 is 9.47 Å². The topological polar surface area (TPSA) is 30.5 Å². The van der Waals surface area contributed by atoms with Gasteiger partial charge in [0.1, 0.15) is 11.5 Å². The summed E-state index contributed by atoms with van der Waals surface area (Å²) in [6, 6.07) is 15.0. The minimum atomic E-state index is 0.480. The van der Waals surface area contributed by atoms with Crippen LogP contribution in [-0.2, 0) is 19.4 Å². The lowest BCUT2D eigenvalue weighted by molar-refractivity contribution is 0.376. The van der Waals surface area contributed by atoms with E-state index in [-0.39, 0.29) is 0 Å². The predicted molar refractivity (Wildman–Crippen MR) is 88.6 cm³/mol. The van der Waals surface area contributed by atoms with Crippen molar-refractivity contribution >= 4 is 0 Å². The van der Waals surface area contributed by atoms with Crippen LogP contribution >= 0.6 is 0 Å². The van der Waals surface area contributed by atoms with Gasteiger partial charge in [-0.25, -0.2) is 0 Å². The van der Waals surface area contributed by atoms with Gasteiger partial charge in [-0.05, 0) is 37.0 Å². The van der Waals surface area contributed by atoms with Crippen molar-refractivity contribution in [2.24, 2.45) is 0 Å². The van der Waals surface area contributed by atoms with Crippen molar-refractivity contribution in [3.8, 4) is 11.5 Å². The normalized spacial score (nSPS) is 16.9. The van der Waals surface area contributed by atoms with Crippen LogP contribution in [0.3, 0.4) is 0 Å². The first kappa shape index (κ1) is 14.9. The maximum Gasteiger partial charge on any atom is 0.122 e. The molecule has 0 aromatic heterocycles. The number of benzene rings is 2. The molecule has 0 saturated carbocycles. The minimum absolute atomic E-state index is 0.480. The molecule has 1 aliphatic rings. The third kappa shape index (κ3) is 3.09. The van der Waals surface area contributed by atoms with Crippen LogP contribution < -0.4 is 14.8 Å². The number of hydrogen-bond donors (Lipinski definition) is 1. The summed E-state index contributed by atoms with van der Waals surface area (Å²) in [5.74, 6) is 1.96. The number of nitrogens with one attached hydrogen (secondary N) is 1. The van der Waals surface area contributed by atoms with Gasteiger partial charge in [0.15, 0.2) is 0 Å². The molecular weight excluding hydrogens is 274 g/mol. The second-order valence-electron chi connectivity index (χ2n) is 5.73. The summed E-state index contributed by atoms with van der Waals surface area (Å²) >= 11 is 0. The van der Waals surface area contributed by atoms with Crippen LogP contribution in [-0.4, -0.2) is 20.3 Å². The zero-order chi connectivity index (χ0) is 15.4. The maximum absolute atomic E-state index is 5.54. The lowest BCUT2D eigenvalue weighted by Crippen LogP contribution is -2.34. The molecule has 0 heterocycles. The van der Waals surface area contributed by atoms with Crippen LogP contribution in [0.2, 0.25) is 0 Å². The summed E-state index contributed by atoms with van der Waals surface area (Å²) in [6.07, 6.45) is 3.15. The molecule has 2 aromatic carbocycles. The van der Waals surface area contributed by atoms with E-state index in [2.05, 4.69) is 35.6 Å². The molecule has 1 unspecified atom stereocenters. The van der Waals surface area contributed by atoms with E-state index in [1.807, 2.05) is 12.1 Å². The molecule has 1 atom stereocenters. The summed E-state index contributed by atoms with van der Waals surface area (Å²) in [6.45, 7) is 0.910. The fourth-order valence-corrected chi connectivity index (χ4v) is 3.23. The Kier molecular flexibility index (Phi) is 4.64. The Hall–Kier alpha value is -2.00. The number of hydrogen-bond acceptors (Lipinski definition) is 3. The van der Waals surface area contributed by atoms with Gasteiger partial charge in [-0.15, -0.1) is 0 Å². The van der Waals surface area contributed by atoms with Crippen molar-refractivity contribution in [2.75, 3.05) is 14.2 Å². The SMILES string of the molecule is COc1ccc(OC)c2c1CCC(NCc1ccccc1)C2. The highest BCUT2D eigenvalue weighted by atomic mass is 16.5. The lowest BCUT2D eigenvalue weighted by Gasteiger charge is -2.28. The second kappa shape index (κ2) is 6.84. The average Bonchev–Trinajstić information content (AvgIpc) is 2.59. The van der Waals surface area contributed by atoms with Crippen molar-refractivity contribution in [3.05, 3.63) is 59.2 Å². The smallest absolute Gasteiger partial charge is 0.122 e. The van der Waals surface area contributed by atoms with Crippen molar-refractivity contribution in [1.29, 1.82) is 0 Å². The Morgan fingerprint density at radius 3 is 2.32 bits per heavy atom. The van der Waals surface area contributed by atoms with Crippen LogP contribution in [0.1, 0.15) is 23.1 Å². The quantitative estimate of drug-likeness (QED) is 0.918. The summed E-state index contributed by atoms with van der Waals surface area (Å²) in [5.41, 5.74) is 3.92. The third-order valence-electron chi connectivity index (χ3n) is 4.42. The van der Waals surface area contributed by atoms with Gasteiger partial charge in [-0.1, -0.05) is 30.3 Å². The first-order chi connectivity index (χ1) is 10.8. The molecule has 0 radical (unpaired) electrons. The van der Waals surface area contributed by atoms with Crippen molar-refractivity contribution in [1.82, 2.24) is 5.32 Å². The highest BCUT2D eigenvalue weighted by Crippen LogP contribution is 2.36. The number of rotatable bonds is 5. The molecule has 0 aliphatic heterocycles. The number of fused-ring (bicyclic) bond motifs is 1. The van der Waals surface area contributed by atoms with E-state index in [4.69, 9.17) is 9.47 Å². The zero-order valence-electron chi connectivity index (χ0n) is 13.3. The zero-order valence-corrected chi connectivity index (χ0v) is 13.3. The molecule has 0 fully saturated rings. The first-order valence-corrected chi connectivity index (χ1v) is 7.82. The van der Waals surface area contributed by atoms with Crippen LogP contribution in [0.25, 0.3) is 0 Å². The largest absolute Gasteiger partial charge is 0.496 e. The molecule has 0 saturated heterocycles. The van der Waals surface area contributed by atoms with Gasteiger partial charge in [-0.3, -0.25) is 0 Å². The lowest BCUT2D eigenvalue weighted by atomic mass is 9.87. The molecule has 2 aromatic rings. The molecule has 3 nitrogen and oxygen atoms in total. The Balaban J connectivity index is 1.73. The second-order valence-corrected chi connectivity index (χ2v) is 5.73. The van der Waals surface area contributed by atoms with E-state index < -0.39 is 0 Å². The van der Waals surface area contributed by atoms with Gasteiger partial charge >= 0.3 is 0 Å².